The second-order valence-electron chi connectivity index (χ2n) is 7.00. The van der Waals surface area contributed by atoms with Gasteiger partial charge in [-0.25, -0.2) is 0 Å². The lowest BCUT2D eigenvalue weighted by atomic mass is 9.55. The van der Waals surface area contributed by atoms with Crippen LogP contribution in [0.4, 0.5) is 0 Å². The van der Waals surface area contributed by atoms with E-state index in [1.807, 2.05) is 0 Å². The molecule has 3 aliphatic rings. The Balaban J connectivity index is 2.14. The Hall–Kier alpha value is -0.670. The van der Waals surface area contributed by atoms with Crippen LogP contribution >= 0.6 is 0 Å². The summed E-state index contributed by atoms with van der Waals surface area (Å²) in [6, 6.07) is 0. The minimum atomic E-state index is -0.401. The third-order valence-electron chi connectivity index (χ3n) is 5.56. The third kappa shape index (κ3) is 1.35. The summed E-state index contributed by atoms with van der Waals surface area (Å²) in [7, 11) is 0. The van der Waals surface area contributed by atoms with Crippen LogP contribution in [0, 0.1) is 11.3 Å². The Labute approximate surface area is 108 Å². The highest BCUT2D eigenvalue weighted by atomic mass is 16.5. The number of ether oxygens (including phenoxy) is 1. The molecule has 3 heteroatoms. The van der Waals surface area contributed by atoms with Gasteiger partial charge >= 0.3 is 0 Å². The molecule has 2 bridgehead atoms. The largest absolute Gasteiger partial charge is 0.392 e. The molecule has 1 spiro atoms. The molecule has 1 saturated heterocycles. The number of carbonyl (C=O) groups excluding carboxylic acids is 1. The molecule has 3 rings (SSSR count). The van der Waals surface area contributed by atoms with Gasteiger partial charge in [0.15, 0.2) is 5.78 Å². The maximum Gasteiger partial charge on any atom is 0.156 e. The van der Waals surface area contributed by atoms with Gasteiger partial charge in [-0.05, 0) is 50.7 Å². The fourth-order valence-corrected chi connectivity index (χ4v) is 4.42. The van der Waals surface area contributed by atoms with Gasteiger partial charge in [0.2, 0.25) is 0 Å². The highest BCUT2D eigenvalue weighted by molar-refractivity contribution is 5.93. The maximum absolute atomic E-state index is 11.9. The standard InChI is InChI=1S/C15H22O3/c1-13(2)10-4-5-14(3)8-12(17)6-11(9-16)15(14,7-10)18-13/h6,10,16H,4-5,7-9H2,1-3H3/t10-,14-,15?/m1/s1. The predicted octanol–water partition coefficient (Wildman–Crippen LogP) is 2.23. The molecule has 1 aliphatic heterocycles. The number of carbonyl (C=O) groups is 1. The number of fused-ring (bicyclic) bond motifs is 1. The van der Waals surface area contributed by atoms with E-state index in [-0.39, 0.29) is 23.4 Å². The van der Waals surface area contributed by atoms with Crippen molar-refractivity contribution < 1.29 is 14.6 Å². The highest BCUT2D eigenvalue weighted by Crippen LogP contribution is 2.63. The van der Waals surface area contributed by atoms with Crippen molar-refractivity contribution in [1.82, 2.24) is 0 Å². The Bertz CT molecular complexity index is 437. The number of aliphatic hydroxyl groups is 1. The van der Waals surface area contributed by atoms with Crippen molar-refractivity contribution in [2.45, 2.75) is 57.7 Å². The van der Waals surface area contributed by atoms with Crippen LogP contribution in [0.25, 0.3) is 0 Å². The van der Waals surface area contributed by atoms with E-state index in [0.29, 0.717) is 12.3 Å². The average Bonchev–Trinajstić information content (AvgIpc) is 2.50. The summed E-state index contributed by atoms with van der Waals surface area (Å²) >= 11 is 0. The number of aliphatic hydroxyl groups excluding tert-OH is 1. The molecule has 0 aromatic rings. The molecule has 3 nitrogen and oxygen atoms in total. The fourth-order valence-electron chi connectivity index (χ4n) is 4.42. The van der Waals surface area contributed by atoms with Crippen LogP contribution < -0.4 is 0 Å². The summed E-state index contributed by atoms with van der Waals surface area (Å²) in [5, 5.41) is 9.65. The van der Waals surface area contributed by atoms with Crippen LogP contribution in [0.1, 0.15) is 46.5 Å². The maximum atomic E-state index is 11.9. The van der Waals surface area contributed by atoms with Crippen LogP contribution in [0.3, 0.4) is 0 Å². The van der Waals surface area contributed by atoms with Gasteiger partial charge in [0, 0.05) is 11.8 Å². The molecule has 1 unspecified atom stereocenters. The SMILES string of the molecule is CC1(C)OC23C[C@H]1CC[C@]2(C)CC(=O)C=C3CO. The van der Waals surface area contributed by atoms with E-state index in [4.69, 9.17) is 4.74 Å². The number of hydrogen-bond donors (Lipinski definition) is 1. The fraction of sp³-hybridized carbons (Fsp3) is 0.800. The van der Waals surface area contributed by atoms with E-state index >= 15 is 0 Å². The zero-order chi connectivity index (χ0) is 13.2. The zero-order valence-corrected chi connectivity index (χ0v) is 11.5. The van der Waals surface area contributed by atoms with Gasteiger partial charge < -0.3 is 9.84 Å². The molecule has 1 N–H and O–H groups in total. The van der Waals surface area contributed by atoms with E-state index in [9.17, 15) is 9.90 Å². The van der Waals surface area contributed by atoms with Crippen LogP contribution in [0.5, 0.6) is 0 Å². The Morgan fingerprint density at radius 2 is 2.17 bits per heavy atom. The number of hydrogen-bond acceptors (Lipinski definition) is 3. The summed E-state index contributed by atoms with van der Waals surface area (Å²) in [5.41, 5.74) is 0.117. The van der Waals surface area contributed by atoms with Crippen molar-refractivity contribution >= 4 is 5.78 Å². The summed E-state index contributed by atoms with van der Waals surface area (Å²) in [4.78, 5) is 11.9. The molecule has 100 valence electrons. The van der Waals surface area contributed by atoms with E-state index in [2.05, 4.69) is 20.8 Å². The van der Waals surface area contributed by atoms with Crippen molar-refractivity contribution in [2.75, 3.05) is 6.61 Å². The highest BCUT2D eigenvalue weighted by Gasteiger charge is 2.65. The van der Waals surface area contributed by atoms with Crippen LogP contribution in [0.15, 0.2) is 11.6 Å². The van der Waals surface area contributed by atoms with Gasteiger partial charge in [0.1, 0.15) is 0 Å². The molecule has 0 radical (unpaired) electrons. The average molecular weight is 250 g/mol. The first-order valence-corrected chi connectivity index (χ1v) is 6.88. The first-order valence-electron chi connectivity index (χ1n) is 6.88. The van der Waals surface area contributed by atoms with Crippen LogP contribution in [-0.4, -0.2) is 28.7 Å². The zero-order valence-electron chi connectivity index (χ0n) is 11.5. The van der Waals surface area contributed by atoms with E-state index in [1.165, 1.54) is 0 Å². The molecule has 2 fully saturated rings. The predicted molar refractivity (Wildman–Crippen MR) is 68.1 cm³/mol. The minimum Gasteiger partial charge on any atom is -0.392 e. The van der Waals surface area contributed by atoms with Gasteiger partial charge in [0.25, 0.3) is 0 Å². The molecule has 18 heavy (non-hydrogen) atoms. The third-order valence-corrected chi connectivity index (χ3v) is 5.56. The van der Waals surface area contributed by atoms with Crippen molar-refractivity contribution in [2.24, 2.45) is 11.3 Å². The van der Waals surface area contributed by atoms with E-state index in [1.54, 1.807) is 6.08 Å². The van der Waals surface area contributed by atoms with Crippen molar-refractivity contribution in [1.29, 1.82) is 0 Å². The van der Waals surface area contributed by atoms with Crippen LogP contribution in [0.2, 0.25) is 0 Å². The number of ketones is 1. The van der Waals surface area contributed by atoms with Gasteiger partial charge in [-0.2, -0.15) is 0 Å². The van der Waals surface area contributed by atoms with Gasteiger partial charge in [-0.1, -0.05) is 6.92 Å². The smallest absolute Gasteiger partial charge is 0.156 e. The first kappa shape index (κ1) is 12.4. The van der Waals surface area contributed by atoms with Gasteiger partial charge in [-0.15, -0.1) is 0 Å². The summed E-state index contributed by atoms with van der Waals surface area (Å²) in [6.07, 6.45) is 5.28. The molecule has 0 amide bonds. The number of rotatable bonds is 1. The molecule has 1 heterocycles. The number of allylic oxidation sites excluding steroid dienone is 1. The lowest BCUT2D eigenvalue weighted by Gasteiger charge is -2.51. The molecule has 0 aromatic carbocycles. The van der Waals surface area contributed by atoms with Gasteiger partial charge in [-0.3, -0.25) is 4.79 Å². The molecule has 3 atom stereocenters. The molecular weight excluding hydrogens is 228 g/mol. The molecular formula is C15H22O3. The van der Waals surface area contributed by atoms with Crippen LogP contribution in [-0.2, 0) is 9.53 Å². The Morgan fingerprint density at radius 1 is 1.44 bits per heavy atom. The second kappa shape index (κ2) is 3.45. The van der Waals surface area contributed by atoms with Crippen molar-refractivity contribution in [3.8, 4) is 0 Å². The van der Waals surface area contributed by atoms with Gasteiger partial charge in [0.05, 0.1) is 17.8 Å². The van der Waals surface area contributed by atoms with E-state index in [0.717, 1.165) is 24.8 Å². The lowest BCUT2D eigenvalue weighted by Crippen LogP contribution is -2.54. The summed E-state index contributed by atoms with van der Waals surface area (Å²) in [5.74, 6) is 0.674. The normalized spacial score (nSPS) is 45.7. The second-order valence-corrected chi connectivity index (χ2v) is 7.00. The minimum absolute atomic E-state index is 0.0653. The summed E-state index contributed by atoms with van der Waals surface area (Å²) in [6.45, 7) is 6.38. The van der Waals surface area contributed by atoms with Crippen molar-refractivity contribution in [3.05, 3.63) is 11.6 Å². The molecule has 2 aliphatic carbocycles. The lowest BCUT2D eigenvalue weighted by molar-refractivity contribution is -0.146. The summed E-state index contributed by atoms with van der Waals surface area (Å²) < 4.78 is 6.44. The van der Waals surface area contributed by atoms with E-state index < -0.39 is 5.60 Å². The molecule has 1 saturated carbocycles. The Morgan fingerprint density at radius 3 is 2.83 bits per heavy atom. The Kier molecular flexibility index (Phi) is 2.37. The molecule has 0 aromatic heterocycles. The first-order chi connectivity index (χ1) is 8.33. The topological polar surface area (TPSA) is 46.5 Å². The monoisotopic (exact) mass is 250 g/mol. The van der Waals surface area contributed by atoms with Crippen molar-refractivity contribution in [3.63, 3.8) is 0 Å². The quantitative estimate of drug-likeness (QED) is 0.776.